The number of carbonyl (C=O) groups excluding carboxylic acids is 1. The molecule has 3 atom stereocenters. The molecule has 5 nitrogen and oxygen atoms in total. The van der Waals surface area contributed by atoms with Gasteiger partial charge in [0.05, 0.1) is 5.56 Å². The lowest BCUT2D eigenvalue weighted by atomic mass is 9.93. The van der Waals surface area contributed by atoms with Crippen molar-refractivity contribution in [2.75, 3.05) is 37.6 Å². The summed E-state index contributed by atoms with van der Waals surface area (Å²) in [6.45, 7) is 5.43. The molecule has 5 heteroatoms. The molecule has 1 saturated heterocycles. The van der Waals surface area contributed by atoms with E-state index in [1.807, 2.05) is 6.07 Å². The quantitative estimate of drug-likeness (QED) is 0.856. The minimum atomic E-state index is -0.422. The lowest BCUT2D eigenvalue weighted by molar-refractivity contribution is 0.1000. The number of nitrogens with zero attached hydrogens (tertiary/aromatic N) is 3. The second-order valence-electron chi connectivity index (χ2n) is 7.10. The molecule has 1 aromatic heterocycles. The van der Waals surface area contributed by atoms with Gasteiger partial charge in [0.2, 0.25) is 5.91 Å². The molecule has 0 aromatic carbocycles. The predicted octanol–water partition coefficient (Wildman–Crippen LogP) is 1.51. The van der Waals surface area contributed by atoms with Crippen LogP contribution >= 0.6 is 0 Å². The minimum absolute atomic E-state index is 0.422. The van der Waals surface area contributed by atoms with Crippen LogP contribution in [0.15, 0.2) is 30.5 Å². The number of fused-ring (bicyclic) bond motifs is 2. The van der Waals surface area contributed by atoms with E-state index in [-0.39, 0.29) is 0 Å². The van der Waals surface area contributed by atoms with Gasteiger partial charge in [0, 0.05) is 38.9 Å². The lowest BCUT2D eigenvalue weighted by Crippen LogP contribution is -2.48. The number of primary amides is 1. The van der Waals surface area contributed by atoms with E-state index in [1.165, 1.54) is 19.4 Å². The number of anilines is 1. The summed E-state index contributed by atoms with van der Waals surface area (Å²) in [5.41, 5.74) is 5.73. The Hall–Kier alpha value is -1.88. The number of piperazine rings is 1. The fourth-order valence-corrected chi connectivity index (χ4v) is 4.31. The van der Waals surface area contributed by atoms with Gasteiger partial charge in [-0.3, -0.25) is 9.69 Å². The number of hydrogen-bond donors (Lipinski definition) is 1. The van der Waals surface area contributed by atoms with Crippen molar-refractivity contribution >= 4 is 11.7 Å². The first kappa shape index (κ1) is 14.7. The molecule has 1 amide bonds. The summed E-state index contributed by atoms with van der Waals surface area (Å²) in [6.07, 6.45) is 9.21. The van der Waals surface area contributed by atoms with E-state index in [0.29, 0.717) is 5.56 Å². The third-order valence-corrected chi connectivity index (χ3v) is 5.64. The van der Waals surface area contributed by atoms with Crippen LogP contribution in [0, 0.1) is 17.8 Å². The van der Waals surface area contributed by atoms with E-state index in [4.69, 9.17) is 5.73 Å². The molecule has 2 N–H and O–H groups in total. The maximum atomic E-state index is 11.1. The Bertz CT molecular complexity index is 604. The van der Waals surface area contributed by atoms with E-state index in [1.54, 1.807) is 12.3 Å². The number of allylic oxidation sites excluding steroid dienone is 2. The largest absolute Gasteiger partial charge is 0.366 e. The van der Waals surface area contributed by atoms with Gasteiger partial charge in [-0.05, 0) is 42.7 Å². The number of hydrogen-bond acceptors (Lipinski definition) is 4. The van der Waals surface area contributed by atoms with Crippen molar-refractivity contribution in [3.63, 3.8) is 0 Å². The molecule has 1 aliphatic heterocycles. The van der Waals surface area contributed by atoms with Crippen molar-refractivity contribution < 1.29 is 4.79 Å². The summed E-state index contributed by atoms with van der Waals surface area (Å²) >= 11 is 0. The molecule has 1 aromatic rings. The monoisotopic (exact) mass is 312 g/mol. The average Bonchev–Trinajstić information content (AvgIpc) is 3.18. The van der Waals surface area contributed by atoms with Gasteiger partial charge >= 0.3 is 0 Å². The van der Waals surface area contributed by atoms with Crippen molar-refractivity contribution in [3.05, 3.63) is 36.0 Å². The van der Waals surface area contributed by atoms with Crippen molar-refractivity contribution in [3.8, 4) is 0 Å². The molecule has 4 rings (SSSR count). The zero-order valence-electron chi connectivity index (χ0n) is 13.4. The van der Waals surface area contributed by atoms with Crippen LogP contribution in [0.1, 0.15) is 23.2 Å². The SMILES string of the molecule is NC(=O)c1ccc(N2CCN(C[C@H]3C[C@@H]4C=C[C@@H]3C4)CC2)nc1. The average molecular weight is 312 g/mol. The number of nitrogens with two attached hydrogens (primary N) is 1. The Labute approximate surface area is 137 Å². The first-order valence-corrected chi connectivity index (χ1v) is 8.60. The predicted molar refractivity (Wildman–Crippen MR) is 90.3 cm³/mol. The molecule has 1 saturated carbocycles. The van der Waals surface area contributed by atoms with Gasteiger partial charge in [-0.2, -0.15) is 0 Å². The first-order valence-electron chi connectivity index (χ1n) is 8.60. The highest BCUT2D eigenvalue weighted by molar-refractivity contribution is 5.92. The van der Waals surface area contributed by atoms with E-state index in [2.05, 4.69) is 26.9 Å². The highest BCUT2D eigenvalue weighted by Gasteiger charge is 2.36. The van der Waals surface area contributed by atoms with E-state index in [0.717, 1.165) is 49.8 Å². The van der Waals surface area contributed by atoms with E-state index >= 15 is 0 Å². The van der Waals surface area contributed by atoms with E-state index < -0.39 is 5.91 Å². The van der Waals surface area contributed by atoms with Gasteiger partial charge < -0.3 is 10.6 Å². The molecule has 23 heavy (non-hydrogen) atoms. The minimum Gasteiger partial charge on any atom is -0.366 e. The summed E-state index contributed by atoms with van der Waals surface area (Å²) < 4.78 is 0. The highest BCUT2D eigenvalue weighted by Crippen LogP contribution is 2.43. The summed E-state index contributed by atoms with van der Waals surface area (Å²) in [4.78, 5) is 20.4. The molecule has 0 radical (unpaired) electrons. The van der Waals surface area contributed by atoms with E-state index in [9.17, 15) is 4.79 Å². The molecular weight excluding hydrogens is 288 g/mol. The molecule has 2 aliphatic carbocycles. The zero-order chi connectivity index (χ0) is 15.8. The van der Waals surface area contributed by atoms with Crippen LogP contribution in [-0.4, -0.2) is 48.5 Å². The van der Waals surface area contributed by atoms with Crippen LogP contribution in [0.2, 0.25) is 0 Å². The van der Waals surface area contributed by atoms with Gasteiger partial charge in [0.15, 0.2) is 0 Å². The van der Waals surface area contributed by atoms with Crippen LogP contribution in [-0.2, 0) is 0 Å². The molecule has 2 bridgehead atoms. The molecule has 3 aliphatic rings. The summed E-state index contributed by atoms with van der Waals surface area (Å²) in [5, 5.41) is 0. The topological polar surface area (TPSA) is 62.5 Å². The first-order chi connectivity index (χ1) is 11.2. The van der Waals surface area contributed by atoms with Crippen molar-refractivity contribution in [1.82, 2.24) is 9.88 Å². The van der Waals surface area contributed by atoms with Crippen molar-refractivity contribution in [2.24, 2.45) is 23.5 Å². The number of pyridine rings is 1. The van der Waals surface area contributed by atoms with Crippen molar-refractivity contribution in [2.45, 2.75) is 12.8 Å². The Morgan fingerprint density at radius 3 is 2.57 bits per heavy atom. The number of aromatic nitrogens is 1. The highest BCUT2D eigenvalue weighted by atomic mass is 16.1. The Morgan fingerprint density at radius 1 is 1.17 bits per heavy atom. The zero-order valence-corrected chi connectivity index (χ0v) is 13.4. The van der Waals surface area contributed by atoms with Gasteiger partial charge in [-0.1, -0.05) is 12.2 Å². The van der Waals surface area contributed by atoms with Crippen LogP contribution in [0.5, 0.6) is 0 Å². The summed E-state index contributed by atoms with van der Waals surface area (Å²) in [7, 11) is 0. The third-order valence-electron chi connectivity index (χ3n) is 5.64. The standard InChI is InChI=1S/C18H24N4O/c19-18(23)15-3-4-17(20-11-15)22-7-5-21(6-8-22)12-16-10-13-1-2-14(16)9-13/h1-4,11,13-14,16H,5-10,12H2,(H2,19,23)/t13-,14-,16-/m1/s1. The third kappa shape index (κ3) is 2.98. The molecule has 0 unspecified atom stereocenters. The smallest absolute Gasteiger partial charge is 0.250 e. The summed E-state index contributed by atoms with van der Waals surface area (Å²) in [5.74, 6) is 3.08. The second kappa shape index (κ2) is 5.96. The molecule has 122 valence electrons. The fourth-order valence-electron chi connectivity index (χ4n) is 4.31. The maximum absolute atomic E-state index is 11.1. The molecule has 0 spiro atoms. The fraction of sp³-hybridized carbons (Fsp3) is 0.556. The Balaban J connectivity index is 1.30. The lowest BCUT2D eigenvalue weighted by Gasteiger charge is -2.37. The van der Waals surface area contributed by atoms with Crippen LogP contribution in [0.3, 0.4) is 0 Å². The molecular formula is C18H24N4O. The Kier molecular flexibility index (Phi) is 3.81. The molecule has 2 heterocycles. The molecule has 2 fully saturated rings. The van der Waals surface area contributed by atoms with Crippen molar-refractivity contribution in [1.29, 1.82) is 0 Å². The number of carbonyl (C=O) groups is 1. The van der Waals surface area contributed by atoms with Gasteiger partial charge in [-0.25, -0.2) is 4.98 Å². The maximum Gasteiger partial charge on any atom is 0.250 e. The van der Waals surface area contributed by atoms with Gasteiger partial charge in [0.25, 0.3) is 0 Å². The normalized spacial score (nSPS) is 30.1. The summed E-state index contributed by atoms with van der Waals surface area (Å²) in [6, 6.07) is 3.66. The van der Waals surface area contributed by atoms with Crippen LogP contribution in [0.4, 0.5) is 5.82 Å². The second-order valence-corrected chi connectivity index (χ2v) is 7.10. The van der Waals surface area contributed by atoms with Gasteiger partial charge in [-0.15, -0.1) is 0 Å². The van der Waals surface area contributed by atoms with Crippen LogP contribution < -0.4 is 10.6 Å². The number of amides is 1. The van der Waals surface area contributed by atoms with Gasteiger partial charge in [0.1, 0.15) is 5.82 Å². The number of rotatable bonds is 4. The Morgan fingerprint density at radius 2 is 2.00 bits per heavy atom. The van der Waals surface area contributed by atoms with Crippen LogP contribution in [0.25, 0.3) is 0 Å².